The Bertz CT molecular complexity index is 1090. The average molecular weight is 490 g/mol. The Morgan fingerprint density at radius 3 is 2.21 bits per heavy atom. The molecule has 0 aliphatic carbocycles. The molecule has 0 bridgehead atoms. The van der Waals surface area contributed by atoms with Crippen molar-refractivity contribution in [2.24, 2.45) is 5.92 Å². The fraction of sp³-hybridized carbons (Fsp3) is 0.417. The summed E-state index contributed by atoms with van der Waals surface area (Å²) < 4.78 is 37.6. The molecular formula is C24H31N3O6S. The Morgan fingerprint density at radius 1 is 1.03 bits per heavy atom. The highest BCUT2D eigenvalue weighted by atomic mass is 32.2. The average Bonchev–Trinajstić information content (AvgIpc) is 2.87. The molecule has 0 aromatic heterocycles. The van der Waals surface area contributed by atoms with Crippen LogP contribution in [0.4, 0.5) is 0 Å². The number of benzene rings is 2. The van der Waals surface area contributed by atoms with Gasteiger partial charge in [0.15, 0.2) is 0 Å². The molecule has 1 aliphatic heterocycles. The lowest BCUT2D eigenvalue weighted by atomic mass is 9.98. The van der Waals surface area contributed by atoms with Crippen molar-refractivity contribution < 1.29 is 27.5 Å². The maximum Gasteiger partial charge on any atom is 0.243 e. The smallest absolute Gasteiger partial charge is 0.243 e. The van der Waals surface area contributed by atoms with Gasteiger partial charge in [0.1, 0.15) is 17.5 Å². The van der Waals surface area contributed by atoms with Gasteiger partial charge >= 0.3 is 0 Å². The molecule has 34 heavy (non-hydrogen) atoms. The van der Waals surface area contributed by atoms with Gasteiger partial charge < -0.3 is 20.1 Å². The van der Waals surface area contributed by atoms with Crippen molar-refractivity contribution >= 4 is 21.8 Å². The summed E-state index contributed by atoms with van der Waals surface area (Å²) in [6, 6.07) is 12.7. The number of nitrogens with one attached hydrogen (secondary N) is 2. The van der Waals surface area contributed by atoms with E-state index in [1.54, 1.807) is 26.2 Å². The van der Waals surface area contributed by atoms with E-state index in [-0.39, 0.29) is 23.3 Å². The number of hydrogen-bond donors (Lipinski definition) is 2. The van der Waals surface area contributed by atoms with Crippen LogP contribution in [-0.2, 0) is 26.2 Å². The first kappa shape index (κ1) is 25.5. The highest BCUT2D eigenvalue weighted by Gasteiger charge is 2.34. The van der Waals surface area contributed by atoms with Gasteiger partial charge in [-0.15, -0.1) is 0 Å². The maximum atomic E-state index is 13.0. The van der Waals surface area contributed by atoms with Gasteiger partial charge in [0.25, 0.3) is 0 Å². The summed E-state index contributed by atoms with van der Waals surface area (Å²) in [5.41, 5.74) is 0.902. The zero-order chi connectivity index (χ0) is 24.7. The topological polar surface area (TPSA) is 114 Å². The molecule has 2 unspecified atom stereocenters. The maximum absolute atomic E-state index is 13.0. The van der Waals surface area contributed by atoms with Crippen molar-refractivity contribution in [2.45, 2.75) is 37.2 Å². The first-order chi connectivity index (χ1) is 16.2. The molecule has 0 spiro atoms. The number of amides is 2. The van der Waals surface area contributed by atoms with Gasteiger partial charge in [-0.25, -0.2) is 8.42 Å². The molecule has 2 aromatic rings. The fourth-order valence-corrected chi connectivity index (χ4v) is 5.28. The minimum Gasteiger partial charge on any atom is -0.497 e. The number of methoxy groups -OCH3 is 2. The molecule has 1 fully saturated rings. The van der Waals surface area contributed by atoms with Gasteiger partial charge in [0.05, 0.1) is 25.0 Å². The van der Waals surface area contributed by atoms with E-state index in [0.29, 0.717) is 31.7 Å². The third kappa shape index (κ3) is 6.27. The summed E-state index contributed by atoms with van der Waals surface area (Å²) in [5, 5.41) is 5.52. The minimum absolute atomic E-state index is 0.0698. The number of carbonyl (C=O) groups is 2. The van der Waals surface area contributed by atoms with Gasteiger partial charge in [0, 0.05) is 19.6 Å². The summed E-state index contributed by atoms with van der Waals surface area (Å²) >= 11 is 0. The highest BCUT2D eigenvalue weighted by molar-refractivity contribution is 7.89. The first-order valence-electron chi connectivity index (χ1n) is 11.1. The van der Waals surface area contributed by atoms with Crippen molar-refractivity contribution in [3.63, 3.8) is 0 Å². The van der Waals surface area contributed by atoms with Crippen LogP contribution in [0.2, 0.25) is 0 Å². The van der Waals surface area contributed by atoms with E-state index in [4.69, 9.17) is 9.47 Å². The molecule has 0 saturated carbocycles. The second kappa shape index (κ2) is 11.3. The quantitative estimate of drug-likeness (QED) is 0.556. The lowest BCUT2D eigenvalue weighted by Gasteiger charge is -2.31. The van der Waals surface area contributed by atoms with Crippen molar-refractivity contribution in [2.75, 3.05) is 27.3 Å². The minimum atomic E-state index is -3.73. The van der Waals surface area contributed by atoms with E-state index in [1.165, 1.54) is 23.5 Å². The summed E-state index contributed by atoms with van der Waals surface area (Å²) in [6.07, 6.45) is 1.12. The molecule has 2 atom stereocenters. The SMILES string of the molecule is COc1ccc(CNC(=O)C(C)NC(=O)C2CCCN(S(=O)(=O)c3ccc(OC)cc3)C2)cc1. The predicted molar refractivity (Wildman–Crippen MR) is 127 cm³/mol. The monoisotopic (exact) mass is 489 g/mol. The van der Waals surface area contributed by atoms with E-state index in [2.05, 4.69) is 10.6 Å². The van der Waals surface area contributed by atoms with Crippen LogP contribution in [0.15, 0.2) is 53.4 Å². The van der Waals surface area contributed by atoms with Crippen LogP contribution in [0, 0.1) is 5.92 Å². The fourth-order valence-electron chi connectivity index (χ4n) is 3.75. The molecule has 2 amide bonds. The molecule has 9 nitrogen and oxygen atoms in total. The van der Waals surface area contributed by atoms with Crippen LogP contribution in [0.25, 0.3) is 0 Å². The third-order valence-corrected chi connectivity index (χ3v) is 7.71. The second-order valence-corrected chi connectivity index (χ2v) is 10.1. The molecule has 10 heteroatoms. The van der Waals surface area contributed by atoms with E-state index in [0.717, 1.165) is 11.3 Å². The van der Waals surface area contributed by atoms with E-state index >= 15 is 0 Å². The summed E-state index contributed by atoms with van der Waals surface area (Å²) in [4.78, 5) is 25.4. The first-order valence-corrected chi connectivity index (χ1v) is 12.5. The van der Waals surface area contributed by atoms with Gasteiger partial charge in [0.2, 0.25) is 21.8 Å². The molecule has 1 saturated heterocycles. The zero-order valence-corrected chi connectivity index (χ0v) is 20.4. The molecule has 0 radical (unpaired) electrons. The highest BCUT2D eigenvalue weighted by Crippen LogP contribution is 2.25. The number of carbonyl (C=O) groups excluding carboxylic acids is 2. The lowest BCUT2D eigenvalue weighted by molar-refractivity contribution is -0.131. The Balaban J connectivity index is 1.54. The Kier molecular flexibility index (Phi) is 8.51. The number of nitrogens with zero attached hydrogens (tertiary/aromatic N) is 1. The van der Waals surface area contributed by atoms with E-state index < -0.39 is 22.0 Å². The van der Waals surface area contributed by atoms with Crippen LogP contribution >= 0.6 is 0 Å². The van der Waals surface area contributed by atoms with Crippen LogP contribution in [0.1, 0.15) is 25.3 Å². The molecule has 184 valence electrons. The summed E-state index contributed by atoms with van der Waals surface area (Å²) in [7, 11) is -0.637. The number of piperidine rings is 1. The van der Waals surface area contributed by atoms with Crippen molar-refractivity contribution in [1.82, 2.24) is 14.9 Å². The Morgan fingerprint density at radius 2 is 1.62 bits per heavy atom. The van der Waals surface area contributed by atoms with Crippen molar-refractivity contribution in [1.29, 1.82) is 0 Å². The summed E-state index contributed by atoms with van der Waals surface area (Å²) in [6.45, 7) is 2.34. The van der Waals surface area contributed by atoms with Crippen LogP contribution in [-0.4, -0.2) is 57.9 Å². The Hall–Kier alpha value is -3.11. The standard InChI is InChI=1S/C24H31N3O6S/c1-17(23(28)25-15-18-6-8-20(32-2)9-7-18)26-24(29)19-5-4-14-27(16-19)34(30,31)22-12-10-21(33-3)11-13-22/h6-13,17,19H,4-5,14-16H2,1-3H3,(H,25,28)(H,26,29). The lowest BCUT2D eigenvalue weighted by Crippen LogP contribution is -2.50. The van der Waals surface area contributed by atoms with E-state index in [9.17, 15) is 18.0 Å². The summed E-state index contributed by atoms with van der Waals surface area (Å²) in [5.74, 6) is 0.114. The van der Waals surface area contributed by atoms with Crippen LogP contribution in [0.3, 0.4) is 0 Å². The molecular weight excluding hydrogens is 458 g/mol. The molecule has 3 rings (SSSR count). The van der Waals surface area contributed by atoms with Crippen molar-refractivity contribution in [3.05, 3.63) is 54.1 Å². The number of hydrogen-bond acceptors (Lipinski definition) is 6. The van der Waals surface area contributed by atoms with Gasteiger partial charge in [-0.2, -0.15) is 4.31 Å². The van der Waals surface area contributed by atoms with Crippen molar-refractivity contribution in [3.8, 4) is 11.5 Å². The van der Waals surface area contributed by atoms with Gasteiger partial charge in [-0.1, -0.05) is 12.1 Å². The third-order valence-electron chi connectivity index (χ3n) is 5.83. The number of sulfonamides is 1. The predicted octanol–water partition coefficient (Wildman–Crippen LogP) is 1.93. The second-order valence-electron chi connectivity index (χ2n) is 8.17. The normalized spacial score (nSPS) is 17.4. The van der Waals surface area contributed by atoms with Gasteiger partial charge in [-0.05, 0) is 61.7 Å². The molecule has 1 aliphatic rings. The molecule has 2 N–H and O–H groups in total. The largest absolute Gasteiger partial charge is 0.497 e. The molecule has 2 aromatic carbocycles. The number of ether oxygens (including phenoxy) is 2. The van der Waals surface area contributed by atoms with Gasteiger partial charge in [-0.3, -0.25) is 9.59 Å². The van der Waals surface area contributed by atoms with Crippen LogP contribution in [0.5, 0.6) is 11.5 Å². The van der Waals surface area contributed by atoms with E-state index in [1.807, 2.05) is 24.3 Å². The molecule has 1 heterocycles. The number of rotatable bonds is 9. The Labute approximate surface area is 200 Å². The zero-order valence-electron chi connectivity index (χ0n) is 19.6. The van der Waals surface area contributed by atoms with Crippen LogP contribution < -0.4 is 20.1 Å².